The number of rotatable bonds is 7. The number of sulfonamides is 1. The highest BCUT2D eigenvalue weighted by atomic mass is 32.2. The van der Waals surface area contributed by atoms with Crippen molar-refractivity contribution >= 4 is 21.8 Å². The fourth-order valence-corrected chi connectivity index (χ4v) is 3.37. The summed E-state index contributed by atoms with van der Waals surface area (Å²) in [6.45, 7) is 6.53. The van der Waals surface area contributed by atoms with Gasteiger partial charge in [0.15, 0.2) is 12.4 Å². The molecule has 0 spiro atoms. The van der Waals surface area contributed by atoms with E-state index in [1.54, 1.807) is 25.1 Å². The predicted molar refractivity (Wildman–Crippen MR) is 102 cm³/mol. The number of benzene rings is 2. The van der Waals surface area contributed by atoms with Crippen LogP contribution in [0.15, 0.2) is 41.3 Å². The van der Waals surface area contributed by atoms with Crippen LogP contribution in [0.5, 0.6) is 0 Å². The van der Waals surface area contributed by atoms with Crippen LogP contribution in [-0.4, -0.2) is 33.3 Å². The van der Waals surface area contributed by atoms with E-state index in [4.69, 9.17) is 4.74 Å². The summed E-state index contributed by atoms with van der Waals surface area (Å²) >= 11 is 0. The Balaban J connectivity index is 1.90. The fraction of sp³-hybridized carbons (Fsp3) is 0.300. The van der Waals surface area contributed by atoms with Crippen LogP contribution < -0.4 is 4.72 Å². The van der Waals surface area contributed by atoms with E-state index in [1.807, 2.05) is 26.8 Å². The first-order valence-electron chi connectivity index (χ1n) is 8.43. The molecule has 1 N–H and O–H groups in total. The number of nitrogens with one attached hydrogen (secondary N) is 1. The second-order valence-electron chi connectivity index (χ2n) is 6.45. The SMILES string of the molecule is Cc1ccc(C(=O)COC(=O)CNS(=O)(=O)c2ccc(C)c(C)c2)cc1C. The smallest absolute Gasteiger partial charge is 0.321 e. The Bertz CT molecular complexity index is 980. The van der Waals surface area contributed by atoms with E-state index >= 15 is 0 Å². The zero-order valence-corrected chi connectivity index (χ0v) is 16.6. The van der Waals surface area contributed by atoms with Gasteiger partial charge in [-0.2, -0.15) is 4.72 Å². The average Bonchev–Trinajstić information content (AvgIpc) is 2.62. The number of hydrogen-bond acceptors (Lipinski definition) is 5. The molecule has 0 saturated carbocycles. The monoisotopic (exact) mass is 389 g/mol. The van der Waals surface area contributed by atoms with E-state index in [9.17, 15) is 18.0 Å². The number of aryl methyl sites for hydroxylation is 4. The van der Waals surface area contributed by atoms with E-state index < -0.39 is 29.1 Å². The highest BCUT2D eigenvalue weighted by Gasteiger charge is 2.17. The first-order valence-corrected chi connectivity index (χ1v) is 9.91. The lowest BCUT2D eigenvalue weighted by atomic mass is 10.0. The van der Waals surface area contributed by atoms with Crippen LogP contribution in [0.25, 0.3) is 0 Å². The third-order valence-electron chi connectivity index (χ3n) is 4.39. The van der Waals surface area contributed by atoms with Crippen LogP contribution in [0.4, 0.5) is 0 Å². The van der Waals surface area contributed by atoms with Crippen LogP contribution >= 0.6 is 0 Å². The first kappa shape index (κ1) is 20.8. The van der Waals surface area contributed by atoms with Gasteiger partial charge in [-0.15, -0.1) is 0 Å². The molecule has 7 heteroatoms. The quantitative estimate of drug-likeness (QED) is 0.581. The maximum atomic E-state index is 12.2. The highest BCUT2D eigenvalue weighted by Crippen LogP contribution is 2.14. The Hall–Kier alpha value is -2.51. The molecule has 0 atom stereocenters. The molecule has 27 heavy (non-hydrogen) atoms. The van der Waals surface area contributed by atoms with E-state index in [0.29, 0.717) is 5.56 Å². The van der Waals surface area contributed by atoms with E-state index in [0.717, 1.165) is 22.3 Å². The normalized spacial score (nSPS) is 11.3. The molecule has 6 nitrogen and oxygen atoms in total. The molecule has 2 rings (SSSR count). The minimum Gasteiger partial charge on any atom is -0.456 e. The topological polar surface area (TPSA) is 89.5 Å². The second-order valence-corrected chi connectivity index (χ2v) is 8.22. The first-order chi connectivity index (χ1) is 12.6. The van der Waals surface area contributed by atoms with Gasteiger partial charge in [-0.25, -0.2) is 8.42 Å². The number of ether oxygens (including phenoxy) is 1. The van der Waals surface area contributed by atoms with Gasteiger partial charge in [0.1, 0.15) is 6.54 Å². The van der Waals surface area contributed by atoms with Gasteiger partial charge >= 0.3 is 5.97 Å². The molecule has 0 heterocycles. The third-order valence-corrected chi connectivity index (χ3v) is 5.79. The molecule has 0 radical (unpaired) electrons. The number of ketones is 1. The zero-order chi connectivity index (χ0) is 20.2. The number of esters is 1. The molecule has 0 amide bonds. The van der Waals surface area contributed by atoms with Crippen LogP contribution in [0.3, 0.4) is 0 Å². The van der Waals surface area contributed by atoms with E-state index in [1.165, 1.54) is 12.1 Å². The molecule has 2 aromatic carbocycles. The lowest BCUT2D eigenvalue weighted by Crippen LogP contribution is -2.31. The average molecular weight is 389 g/mol. The maximum Gasteiger partial charge on any atom is 0.321 e. The standard InChI is InChI=1S/C20H23NO5S/c1-13-5-7-17(9-15(13)3)19(22)12-26-20(23)11-21-27(24,25)18-8-6-14(2)16(4)10-18/h5-10,21H,11-12H2,1-4H3. The lowest BCUT2D eigenvalue weighted by molar-refractivity contribution is -0.141. The number of Topliss-reactive ketones (excluding diaryl/α,β-unsaturated/α-hetero) is 1. The molecule has 144 valence electrons. The fourth-order valence-electron chi connectivity index (χ4n) is 2.31. The van der Waals surface area contributed by atoms with Gasteiger partial charge in [-0.05, 0) is 68.1 Å². The third kappa shape index (κ3) is 5.48. The van der Waals surface area contributed by atoms with Gasteiger partial charge < -0.3 is 4.74 Å². The molecule has 0 aliphatic carbocycles. The molecule has 0 saturated heterocycles. The van der Waals surface area contributed by atoms with Crippen molar-refractivity contribution in [3.05, 3.63) is 64.2 Å². The summed E-state index contributed by atoms with van der Waals surface area (Å²) < 4.78 is 31.6. The van der Waals surface area contributed by atoms with Gasteiger partial charge in [-0.3, -0.25) is 9.59 Å². The predicted octanol–water partition coefficient (Wildman–Crippen LogP) is 2.62. The van der Waals surface area contributed by atoms with E-state index in [2.05, 4.69) is 4.72 Å². The molecule has 0 aromatic heterocycles. The van der Waals surface area contributed by atoms with Crippen molar-refractivity contribution in [1.82, 2.24) is 4.72 Å². The summed E-state index contributed by atoms with van der Waals surface area (Å²) in [5.74, 6) is -1.16. The lowest BCUT2D eigenvalue weighted by Gasteiger charge is -2.09. The Morgan fingerprint density at radius 3 is 2.07 bits per heavy atom. The van der Waals surface area contributed by atoms with Crippen molar-refractivity contribution in [1.29, 1.82) is 0 Å². The summed E-state index contributed by atoms with van der Waals surface area (Å²) in [7, 11) is -3.83. The van der Waals surface area contributed by atoms with Crippen LogP contribution in [-0.2, 0) is 19.6 Å². The zero-order valence-electron chi connectivity index (χ0n) is 15.8. The summed E-state index contributed by atoms with van der Waals surface area (Å²) in [5, 5.41) is 0. The van der Waals surface area contributed by atoms with Gasteiger partial charge in [-0.1, -0.05) is 18.2 Å². The maximum absolute atomic E-state index is 12.2. The van der Waals surface area contributed by atoms with Crippen molar-refractivity contribution in [3.63, 3.8) is 0 Å². The summed E-state index contributed by atoms with van der Waals surface area (Å²) in [5.41, 5.74) is 4.27. The molecule has 0 unspecified atom stereocenters. The van der Waals surface area contributed by atoms with Crippen molar-refractivity contribution in [2.45, 2.75) is 32.6 Å². The van der Waals surface area contributed by atoms with Gasteiger partial charge in [0.25, 0.3) is 0 Å². The molecule has 0 fully saturated rings. The van der Waals surface area contributed by atoms with Gasteiger partial charge in [0.2, 0.25) is 10.0 Å². The molecular weight excluding hydrogens is 366 g/mol. The minimum absolute atomic E-state index is 0.0737. The minimum atomic E-state index is -3.83. The number of carbonyl (C=O) groups excluding carboxylic acids is 2. The summed E-state index contributed by atoms with van der Waals surface area (Å²) in [4.78, 5) is 24.0. The summed E-state index contributed by atoms with van der Waals surface area (Å²) in [6.07, 6.45) is 0. The molecule has 0 aliphatic heterocycles. The largest absolute Gasteiger partial charge is 0.456 e. The van der Waals surface area contributed by atoms with Crippen LogP contribution in [0.2, 0.25) is 0 Å². The Kier molecular flexibility index (Phi) is 6.51. The van der Waals surface area contributed by atoms with Crippen molar-refractivity contribution in [2.75, 3.05) is 13.2 Å². The van der Waals surface area contributed by atoms with Gasteiger partial charge in [0.05, 0.1) is 4.90 Å². The molecule has 2 aromatic rings. The van der Waals surface area contributed by atoms with Crippen molar-refractivity contribution in [2.24, 2.45) is 0 Å². The van der Waals surface area contributed by atoms with Crippen molar-refractivity contribution < 1.29 is 22.7 Å². The molecular formula is C20H23NO5S. The van der Waals surface area contributed by atoms with Crippen molar-refractivity contribution in [3.8, 4) is 0 Å². The molecule has 0 aliphatic rings. The van der Waals surface area contributed by atoms with Crippen LogP contribution in [0, 0.1) is 27.7 Å². The highest BCUT2D eigenvalue weighted by molar-refractivity contribution is 7.89. The summed E-state index contributed by atoms with van der Waals surface area (Å²) in [6, 6.07) is 9.92. The number of carbonyl (C=O) groups is 2. The Morgan fingerprint density at radius 2 is 1.48 bits per heavy atom. The molecule has 0 bridgehead atoms. The Morgan fingerprint density at radius 1 is 0.889 bits per heavy atom. The number of hydrogen-bond donors (Lipinski definition) is 1. The van der Waals surface area contributed by atoms with Crippen LogP contribution in [0.1, 0.15) is 32.6 Å². The van der Waals surface area contributed by atoms with E-state index in [-0.39, 0.29) is 10.7 Å². The Labute approximate surface area is 159 Å². The second kappa shape index (κ2) is 8.45. The van der Waals surface area contributed by atoms with Gasteiger partial charge in [0, 0.05) is 5.56 Å².